The summed E-state index contributed by atoms with van der Waals surface area (Å²) in [5, 5.41) is 9.07. The minimum absolute atomic E-state index is 0.290. The monoisotopic (exact) mass is 216 g/mol. The van der Waals surface area contributed by atoms with Gasteiger partial charge in [0.25, 0.3) is 0 Å². The van der Waals surface area contributed by atoms with Crippen LogP contribution in [0.3, 0.4) is 0 Å². The van der Waals surface area contributed by atoms with Gasteiger partial charge in [-0.2, -0.15) is 5.26 Å². The van der Waals surface area contributed by atoms with Crippen molar-refractivity contribution in [3.63, 3.8) is 0 Å². The molecule has 2 N–H and O–H groups in total. The van der Waals surface area contributed by atoms with E-state index < -0.39 is 0 Å². The van der Waals surface area contributed by atoms with Crippen molar-refractivity contribution in [1.29, 1.82) is 5.26 Å². The molecule has 1 atom stereocenters. The first kappa shape index (κ1) is 12.6. The lowest BCUT2D eigenvalue weighted by atomic mass is 9.88. The molecule has 16 heavy (non-hydrogen) atoms. The van der Waals surface area contributed by atoms with Crippen LogP contribution in [0.5, 0.6) is 0 Å². The molecule has 0 saturated heterocycles. The Morgan fingerprint density at radius 1 is 1.31 bits per heavy atom. The third kappa shape index (κ3) is 2.19. The van der Waals surface area contributed by atoms with Gasteiger partial charge < -0.3 is 5.73 Å². The van der Waals surface area contributed by atoms with E-state index in [0.717, 1.165) is 17.7 Å². The number of nitriles is 1. The molecule has 0 bridgehead atoms. The van der Waals surface area contributed by atoms with E-state index in [4.69, 9.17) is 11.0 Å². The van der Waals surface area contributed by atoms with Crippen molar-refractivity contribution < 1.29 is 0 Å². The van der Waals surface area contributed by atoms with Crippen LogP contribution in [0.2, 0.25) is 0 Å². The summed E-state index contributed by atoms with van der Waals surface area (Å²) >= 11 is 0. The summed E-state index contributed by atoms with van der Waals surface area (Å²) in [7, 11) is 0. The predicted molar refractivity (Wildman–Crippen MR) is 68.4 cm³/mol. The molecule has 1 aromatic carbocycles. The lowest BCUT2D eigenvalue weighted by Gasteiger charge is -2.18. The summed E-state index contributed by atoms with van der Waals surface area (Å²) in [5.74, 6) is 0.740. The molecule has 0 spiro atoms. The normalized spacial score (nSPS) is 12.5. The van der Waals surface area contributed by atoms with Gasteiger partial charge >= 0.3 is 0 Å². The Bertz CT molecular complexity index is 413. The zero-order valence-corrected chi connectivity index (χ0v) is 10.5. The van der Waals surface area contributed by atoms with Crippen molar-refractivity contribution in [2.75, 3.05) is 5.73 Å². The highest BCUT2D eigenvalue weighted by Crippen LogP contribution is 2.33. The van der Waals surface area contributed by atoms with Crippen LogP contribution in [-0.2, 0) is 0 Å². The molecule has 0 aromatic heterocycles. The SMILES string of the molecule is CCC(C)c1ccc(C#N)c(C(C)C)c1N. The molecule has 1 rings (SSSR count). The average Bonchev–Trinajstić information content (AvgIpc) is 2.26. The van der Waals surface area contributed by atoms with Crippen molar-refractivity contribution in [2.45, 2.75) is 46.0 Å². The number of nitrogen functional groups attached to an aromatic ring is 1. The molecule has 86 valence electrons. The second-order valence-corrected chi connectivity index (χ2v) is 4.61. The standard InChI is InChI=1S/C14H20N2/c1-5-10(4)12-7-6-11(8-15)13(9(2)3)14(12)16/h6-7,9-10H,5,16H2,1-4H3. The molecule has 0 aliphatic heterocycles. The van der Waals surface area contributed by atoms with Crippen LogP contribution in [0.4, 0.5) is 5.69 Å². The smallest absolute Gasteiger partial charge is 0.0995 e. The van der Waals surface area contributed by atoms with Crippen LogP contribution >= 0.6 is 0 Å². The molecule has 0 aliphatic rings. The Kier molecular flexibility index (Phi) is 3.95. The van der Waals surface area contributed by atoms with Gasteiger partial charge in [-0.3, -0.25) is 0 Å². The summed E-state index contributed by atoms with van der Waals surface area (Å²) in [4.78, 5) is 0. The third-order valence-corrected chi connectivity index (χ3v) is 3.16. The van der Waals surface area contributed by atoms with Crippen molar-refractivity contribution in [1.82, 2.24) is 0 Å². The second-order valence-electron chi connectivity index (χ2n) is 4.61. The van der Waals surface area contributed by atoms with Gasteiger partial charge in [0.1, 0.15) is 0 Å². The number of hydrogen-bond acceptors (Lipinski definition) is 2. The van der Waals surface area contributed by atoms with Crippen molar-refractivity contribution >= 4 is 5.69 Å². The van der Waals surface area contributed by atoms with Gasteiger partial charge in [0.2, 0.25) is 0 Å². The number of rotatable bonds is 3. The molecule has 0 saturated carbocycles. The van der Waals surface area contributed by atoms with E-state index in [1.54, 1.807) is 0 Å². The maximum Gasteiger partial charge on any atom is 0.0995 e. The molecule has 2 nitrogen and oxygen atoms in total. The van der Waals surface area contributed by atoms with Gasteiger partial charge in [-0.25, -0.2) is 0 Å². The van der Waals surface area contributed by atoms with E-state index in [1.807, 2.05) is 12.1 Å². The van der Waals surface area contributed by atoms with Crippen molar-refractivity contribution in [3.05, 3.63) is 28.8 Å². The van der Waals surface area contributed by atoms with Crippen LogP contribution < -0.4 is 5.73 Å². The maximum atomic E-state index is 9.07. The van der Waals surface area contributed by atoms with Crippen LogP contribution in [0, 0.1) is 11.3 Å². The Hall–Kier alpha value is -1.49. The van der Waals surface area contributed by atoms with Crippen LogP contribution in [0.15, 0.2) is 12.1 Å². The highest BCUT2D eigenvalue weighted by molar-refractivity contribution is 5.62. The summed E-state index contributed by atoms with van der Waals surface area (Å²) in [6.45, 7) is 8.47. The fourth-order valence-electron chi connectivity index (χ4n) is 2.02. The van der Waals surface area contributed by atoms with Crippen LogP contribution in [-0.4, -0.2) is 0 Å². The Morgan fingerprint density at radius 3 is 2.38 bits per heavy atom. The van der Waals surface area contributed by atoms with Crippen molar-refractivity contribution in [3.8, 4) is 6.07 Å². The Morgan fingerprint density at radius 2 is 1.94 bits per heavy atom. The molecule has 2 heteroatoms. The van der Waals surface area contributed by atoms with E-state index in [0.29, 0.717) is 17.4 Å². The van der Waals surface area contributed by atoms with Gasteiger partial charge in [-0.15, -0.1) is 0 Å². The molecule has 1 aromatic rings. The van der Waals surface area contributed by atoms with Gasteiger partial charge in [0, 0.05) is 5.69 Å². The number of nitrogens with two attached hydrogens (primary N) is 1. The zero-order chi connectivity index (χ0) is 12.3. The summed E-state index contributed by atoms with van der Waals surface area (Å²) < 4.78 is 0. The quantitative estimate of drug-likeness (QED) is 0.782. The fourth-order valence-corrected chi connectivity index (χ4v) is 2.02. The average molecular weight is 216 g/mol. The molecule has 0 aliphatic carbocycles. The lowest BCUT2D eigenvalue weighted by molar-refractivity contribution is 0.732. The molecule has 0 amide bonds. The van der Waals surface area contributed by atoms with Gasteiger partial charge in [0.05, 0.1) is 11.6 Å². The number of benzene rings is 1. The van der Waals surface area contributed by atoms with E-state index in [1.165, 1.54) is 5.56 Å². The van der Waals surface area contributed by atoms with Gasteiger partial charge in [-0.05, 0) is 35.4 Å². The minimum atomic E-state index is 0.290. The van der Waals surface area contributed by atoms with E-state index in [-0.39, 0.29) is 0 Å². The van der Waals surface area contributed by atoms with Crippen LogP contribution in [0.25, 0.3) is 0 Å². The predicted octanol–water partition coefficient (Wildman–Crippen LogP) is 3.78. The minimum Gasteiger partial charge on any atom is -0.398 e. The first-order valence-electron chi connectivity index (χ1n) is 5.85. The summed E-state index contributed by atoms with van der Waals surface area (Å²) in [5.41, 5.74) is 9.87. The second kappa shape index (κ2) is 5.03. The third-order valence-electron chi connectivity index (χ3n) is 3.16. The van der Waals surface area contributed by atoms with E-state index >= 15 is 0 Å². The Balaban J connectivity index is 3.39. The first-order chi connectivity index (χ1) is 7.52. The lowest BCUT2D eigenvalue weighted by Crippen LogP contribution is -2.06. The van der Waals surface area contributed by atoms with Gasteiger partial charge in [0.15, 0.2) is 0 Å². The van der Waals surface area contributed by atoms with Crippen molar-refractivity contribution in [2.24, 2.45) is 0 Å². The highest BCUT2D eigenvalue weighted by Gasteiger charge is 2.16. The molecule has 0 radical (unpaired) electrons. The molecule has 0 heterocycles. The number of nitrogens with zero attached hydrogens (tertiary/aromatic N) is 1. The highest BCUT2D eigenvalue weighted by atomic mass is 14.6. The zero-order valence-electron chi connectivity index (χ0n) is 10.5. The number of anilines is 1. The number of hydrogen-bond donors (Lipinski definition) is 1. The molecule has 0 fully saturated rings. The summed E-state index contributed by atoms with van der Waals surface area (Å²) in [6, 6.07) is 6.11. The molecular formula is C14H20N2. The molecule has 1 unspecified atom stereocenters. The van der Waals surface area contributed by atoms with Gasteiger partial charge in [-0.1, -0.05) is 33.8 Å². The summed E-state index contributed by atoms with van der Waals surface area (Å²) in [6.07, 6.45) is 1.06. The van der Waals surface area contributed by atoms with E-state index in [2.05, 4.69) is 33.8 Å². The largest absolute Gasteiger partial charge is 0.398 e. The first-order valence-corrected chi connectivity index (χ1v) is 5.85. The fraction of sp³-hybridized carbons (Fsp3) is 0.500. The Labute approximate surface area is 98.1 Å². The van der Waals surface area contributed by atoms with E-state index in [9.17, 15) is 0 Å². The molecular weight excluding hydrogens is 196 g/mol. The van der Waals surface area contributed by atoms with Crippen LogP contribution in [0.1, 0.15) is 62.6 Å². The topological polar surface area (TPSA) is 49.8 Å². The maximum absolute atomic E-state index is 9.07.